The van der Waals surface area contributed by atoms with Gasteiger partial charge >= 0.3 is 0 Å². The molecular formula is C21H25N3O3S. The number of thiazole rings is 1. The monoisotopic (exact) mass is 399 g/mol. The van der Waals surface area contributed by atoms with Crippen LogP contribution in [0.25, 0.3) is 10.2 Å². The maximum atomic E-state index is 12.9. The van der Waals surface area contributed by atoms with Crippen LogP contribution in [0.2, 0.25) is 0 Å². The fraction of sp³-hybridized carbons (Fsp3) is 0.333. The molecule has 0 bridgehead atoms. The molecule has 0 N–H and O–H groups in total. The number of ether oxygens (including phenoxy) is 2. The molecule has 1 heterocycles. The van der Waals surface area contributed by atoms with Gasteiger partial charge in [-0.2, -0.15) is 0 Å². The molecule has 28 heavy (non-hydrogen) atoms. The summed E-state index contributed by atoms with van der Waals surface area (Å²) in [6.07, 6.45) is 0.293. The summed E-state index contributed by atoms with van der Waals surface area (Å²) in [5.74, 6) is 1.53. The third kappa shape index (κ3) is 5.21. The molecule has 0 atom stereocenters. The molecule has 1 amide bonds. The van der Waals surface area contributed by atoms with Gasteiger partial charge in [-0.1, -0.05) is 29.5 Å². The van der Waals surface area contributed by atoms with Gasteiger partial charge in [0.2, 0.25) is 5.91 Å². The number of carbonyl (C=O) groups excluding carboxylic acids is 1. The Morgan fingerprint density at radius 1 is 1.07 bits per heavy atom. The summed E-state index contributed by atoms with van der Waals surface area (Å²) in [5.41, 5.74) is 0.836. The van der Waals surface area contributed by atoms with Crippen molar-refractivity contribution in [2.75, 3.05) is 45.8 Å². The summed E-state index contributed by atoms with van der Waals surface area (Å²) in [7, 11) is 5.61. The van der Waals surface area contributed by atoms with Crippen LogP contribution < -0.4 is 14.4 Å². The van der Waals surface area contributed by atoms with E-state index in [1.165, 1.54) is 11.3 Å². The van der Waals surface area contributed by atoms with Crippen LogP contribution in [-0.4, -0.2) is 56.7 Å². The highest BCUT2D eigenvalue weighted by Gasteiger charge is 2.20. The first-order valence-corrected chi connectivity index (χ1v) is 9.96. The molecule has 3 rings (SSSR count). The largest absolute Gasteiger partial charge is 0.497 e. The Morgan fingerprint density at radius 3 is 2.57 bits per heavy atom. The molecule has 6 nitrogen and oxygen atoms in total. The van der Waals surface area contributed by atoms with E-state index in [1.807, 2.05) is 62.6 Å². The smallest absolute Gasteiger partial charge is 0.232 e. The summed E-state index contributed by atoms with van der Waals surface area (Å²) in [6.45, 7) is 1.67. The number of nitrogens with zero attached hydrogens (tertiary/aromatic N) is 3. The fourth-order valence-electron chi connectivity index (χ4n) is 2.67. The van der Waals surface area contributed by atoms with Gasteiger partial charge in [-0.05, 0) is 38.4 Å². The lowest BCUT2D eigenvalue weighted by Gasteiger charge is -2.22. The lowest BCUT2D eigenvalue weighted by atomic mass is 10.3. The molecule has 7 heteroatoms. The summed E-state index contributed by atoms with van der Waals surface area (Å²) in [4.78, 5) is 21.4. The van der Waals surface area contributed by atoms with Crippen LogP contribution in [0.1, 0.15) is 6.42 Å². The summed E-state index contributed by atoms with van der Waals surface area (Å²) < 4.78 is 12.0. The first-order valence-electron chi connectivity index (χ1n) is 9.14. The van der Waals surface area contributed by atoms with Gasteiger partial charge in [0.25, 0.3) is 0 Å². The van der Waals surface area contributed by atoms with Crippen LogP contribution in [0.5, 0.6) is 11.5 Å². The number of hydrogen-bond acceptors (Lipinski definition) is 6. The van der Waals surface area contributed by atoms with Gasteiger partial charge in [-0.3, -0.25) is 9.69 Å². The van der Waals surface area contributed by atoms with Crippen molar-refractivity contribution in [2.24, 2.45) is 0 Å². The molecule has 148 valence electrons. The summed E-state index contributed by atoms with van der Waals surface area (Å²) >= 11 is 1.51. The van der Waals surface area contributed by atoms with E-state index < -0.39 is 0 Å². The maximum absolute atomic E-state index is 12.9. The molecule has 0 spiro atoms. The topological polar surface area (TPSA) is 54.9 Å². The first-order chi connectivity index (χ1) is 13.6. The van der Waals surface area contributed by atoms with E-state index in [4.69, 9.17) is 9.47 Å². The number of hydrogen-bond donors (Lipinski definition) is 0. The van der Waals surface area contributed by atoms with Crippen molar-refractivity contribution in [1.29, 1.82) is 0 Å². The average molecular weight is 400 g/mol. The molecule has 0 unspecified atom stereocenters. The Hall–Kier alpha value is -2.64. The van der Waals surface area contributed by atoms with Crippen molar-refractivity contribution < 1.29 is 14.3 Å². The van der Waals surface area contributed by atoms with Crippen LogP contribution in [-0.2, 0) is 4.79 Å². The van der Waals surface area contributed by atoms with E-state index in [-0.39, 0.29) is 5.91 Å². The van der Waals surface area contributed by atoms with Crippen molar-refractivity contribution in [2.45, 2.75) is 6.42 Å². The number of carbonyl (C=O) groups is 1. The van der Waals surface area contributed by atoms with E-state index in [1.54, 1.807) is 12.0 Å². The second-order valence-corrected chi connectivity index (χ2v) is 7.60. The molecule has 0 aliphatic carbocycles. The third-order valence-electron chi connectivity index (χ3n) is 4.21. The minimum absolute atomic E-state index is 0.00352. The average Bonchev–Trinajstić information content (AvgIpc) is 3.11. The number of anilines is 1. The Balaban J connectivity index is 1.73. The molecule has 3 aromatic rings. The van der Waals surface area contributed by atoms with Gasteiger partial charge < -0.3 is 14.4 Å². The molecule has 0 radical (unpaired) electrons. The SMILES string of the molecule is COc1ccc2sc(N(CCN(C)C)C(=O)CCOc3ccccc3)nc2c1. The molecule has 0 saturated carbocycles. The number of para-hydroxylation sites is 1. The third-order valence-corrected chi connectivity index (χ3v) is 5.27. The van der Waals surface area contributed by atoms with Gasteiger partial charge in [-0.15, -0.1) is 0 Å². The maximum Gasteiger partial charge on any atom is 0.232 e. The van der Waals surface area contributed by atoms with E-state index in [9.17, 15) is 4.79 Å². The van der Waals surface area contributed by atoms with Crippen LogP contribution in [0.15, 0.2) is 48.5 Å². The van der Waals surface area contributed by atoms with Gasteiger partial charge in [0, 0.05) is 19.2 Å². The molecule has 2 aromatic carbocycles. The van der Waals surface area contributed by atoms with E-state index >= 15 is 0 Å². The normalized spacial score (nSPS) is 11.0. The molecule has 0 aliphatic heterocycles. The Bertz CT molecular complexity index is 912. The van der Waals surface area contributed by atoms with Gasteiger partial charge in [0.1, 0.15) is 11.5 Å². The lowest BCUT2D eigenvalue weighted by molar-refractivity contribution is -0.119. The second-order valence-electron chi connectivity index (χ2n) is 6.59. The Labute approximate surface area is 169 Å². The molecular weight excluding hydrogens is 374 g/mol. The van der Waals surface area contributed by atoms with E-state index in [0.717, 1.165) is 28.3 Å². The molecule has 0 aliphatic rings. The predicted molar refractivity (Wildman–Crippen MR) is 114 cm³/mol. The lowest BCUT2D eigenvalue weighted by Crippen LogP contribution is -2.37. The van der Waals surface area contributed by atoms with Crippen LogP contribution >= 0.6 is 11.3 Å². The van der Waals surface area contributed by atoms with Gasteiger partial charge in [0.15, 0.2) is 5.13 Å². The Morgan fingerprint density at radius 2 is 1.86 bits per heavy atom. The van der Waals surface area contributed by atoms with Crippen molar-refractivity contribution in [3.63, 3.8) is 0 Å². The zero-order chi connectivity index (χ0) is 19.9. The highest BCUT2D eigenvalue weighted by Crippen LogP contribution is 2.31. The first kappa shape index (κ1) is 20.1. The van der Waals surface area contributed by atoms with Gasteiger partial charge in [0.05, 0.1) is 30.4 Å². The number of likely N-dealkylation sites (N-methyl/N-ethyl adjacent to an activating group) is 1. The van der Waals surface area contributed by atoms with E-state index in [0.29, 0.717) is 24.7 Å². The summed E-state index contributed by atoms with van der Waals surface area (Å²) in [6, 6.07) is 15.3. The number of fused-ring (bicyclic) bond motifs is 1. The van der Waals surface area contributed by atoms with E-state index in [2.05, 4.69) is 9.88 Å². The quantitative estimate of drug-likeness (QED) is 0.550. The van der Waals surface area contributed by atoms with Crippen LogP contribution in [0.3, 0.4) is 0 Å². The van der Waals surface area contributed by atoms with Crippen molar-refractivity contribution >= 4 is 32.6 Å². The second kappa shape index (κ2) is 9.52. The van der Waals surface area contributed by atoms with Gasteiger partial charge in [-0.25, -0.2) is 4.98 Å². The standard InChI is InChI=1S/C21H25N3O3S/c1-23(2)12-13-24(20(25)11-14-27-16-7-5-4-6-8-16)21-22-18-15-17(26-3)9-10-19(18)28-21/h4-10,15H,11-14H2,1-3H3. The molecule has 0 saturated heterocycles. The predicted octanol–water partition coefficient (Wildman–Crippen LogP) is 3.67. The number of benzene rings is 2. The Kier molecular flexibility index (Phi) is 6.84. The van der Waals surface area contributed by atoms with Crippen molar-refractivity contribution in [3.8, 4) is 11.5 Å². The van der Waals surface area contributed by atoms with Crippen molar-refractivity contribution in [3.05, 3.63) is 48.5 Å². The molecule has 0 fully saturated rings. The molecule has 1 aromatic heterocycles. The van der Waals surface area contributed by atoms with Crippen LogP contribution in [0, 0.1) is 0 Å². The number of rotatable bonds is 9. The number of amides is 1. The van der Waals surface area contributed by atoms with Crippen molar-refractivity contribution in [1.82, 2.24) is 9.88 Å². The summed E-state index contributed by atoms with van der Waals surface area (Å²) in [5, 5.41) is 0.704. The highest BCUT2D eigenvalue weighted by molar-refractivity contribution is 7.22. The highest BCUT2D eigenvalue weighted by atomic mass is 32.1. The minimum Gasteiger partial charge on any atom is -0.497 e. The minimum atomic E-state index is 0.00352. The number of aromatic nitrogens is 1. The number of methoxy groups -OCH3 is 1. The fourth-order valence-corrected chi connectivity index (χ4v) is 3.66. The zero-order valence-corrected chi connectivity index (χ0v) is 17.2. The zero-order valence-electron chi connectivity index (χ0n) is 16.4. The van der Waals surface area contributed by atoms with Crippen LogP contribution in [0.4, 0.5) is 5.13 Å².